The average molecular weight is 245 g/mol. The van der Waals surface area contributed by atoms with Crippen LogP contribution in [0.1, 0.15) is 6.92 Å². The highest BCUT2D eigenvalue weighted by Gasteiger charge is 2.08. The normalized spacial score (nSPS) is 10.2. The number of nitrogens with zero attached hydrogens (tertiary/aromatic N) is 2. The first-order valence-electron chi connectivity index (χ1n) is 5.90. The Morgan fingerprint density at radius 2 is 1.89 bits per heavy atom. The number of benzene rings is 1. The first-order chi connectivity index (χ1) is 8.74. The molecule has 0 saturated carbocycles. The molecule has 0 aliphatic carbocycles. The van der Waals surface area contributed by atoms with Crippen molar-refractivity contribution >= 4 is 17.1 Å². The summed E-state index contributed by atoms with van der Waals surface area (Å²) in [6, 6.07) is 8.48. The van der Waals surface area contributed by atoms with Crippen LogP contribution in [0.5, 0.6) is 0 Å². The number of hydrogen-bond acceptors (Lipinski definition) is 3. The van der Waals surface area contributed by atoms with Gasteiger partial charge in [-0.25, -0.2) is 4.39 Å². The molecule has 0 amide bonds. The number of rotatable bonds is 4. The van der Waals surface area contributed by atoms with Crippen LogP contribution in [-0.4, -0.2) is 18.6 Å². The second-order valence-electron chi connectivity index (χ2n) is 3.90. The van der Waals surface area contributed by atoms with Gasteiger partial charge in [0.1, 0.15) is 5.82 Å². The van der Waals surface area contributed by atoms with Crippen molar-refractivity contribution in [3.63, 3.8) is 0 Å². The second kappa shape index (κ2) is 5.49. The van der Waals surface area contributed by atoms with E-state index in [1.54, 1.807) is 24.5 Å². The zero-order valence-corrected chi connectivity index (χ0v) is 10.5. The molecule has 0 fully saturated rings. The molecule has 0 unspecified atom stereocenters. The summed E-state index contributed by atoms with van der Waals surface area (Å²) in [5, 5.41) is 3.06. The molecule has 2 aromatic rings. The molecule has 0 radical (unpaired) electrons. The third-order valence-electron chi connectivity index (χ3n) is 2.78. The Hall–Kier alpha value is -2.10. The van der Waals surface area contributed by atoms with Crippen LogP contribution < -0.4 is 10.2 Å². The first kappa shape index (κ1) is 12.4. The van der Waals surface area contributed by atoms with Crippen LogP contribution in [0, 0.1) is 5.82 Å². The van der Waals surface area contributed by atoms with Gasteiger partial charge in [-0.2, -0.15) is 0 Å². The summed E-state index contributed by atoms with van der Waals surface area (Å²) in [5.74, 6) is -0.225. The van der Waals surface area contributed by atoms with Gasteiger partial charge in [-0.05, 0) is 37.3 Å². The predicted molar refractivity (Wildman–Crippen MR) is 72.9 cm³/mol. The number of anilines is 3. The molecule has 1 aromatic carbocycles. The lowest BCUT2D eigenvalue weighted by molar-refractivity contribution is 0.628. The third kappa shape index (κ3) is 2.59. The molecule has 0 aliphatic rings. The minimum Gasteiger partial charge on any atom is -0.387 e. The maximum atomic E-state index is 12.9. The van der Waals surface area contributed by atoms with Crippen molar-refractivity contribution in [3.05, 3.63) is 48.5 Å². The fraction of sp³-hybridized carbons (Fsp3) is 0.214. The number of halogens is 1. The molecule has 1 heterocycles. The molecule has 0 aliphatic heterocycles. The Kier molecular flexibility index (Phi) is 3.77. The zero-order chi connectivity index (χ0) is 13.0. The van der Waals surface area contributed by atoms with E-state index in [0.717, 1.165) is 23.6 Å². The van der Waals surface area contributed by atoms with Crippen molar-refractivity contribution in [2.45, 2.75) is 6.92 Å². The average Bonchev–Trinajstić information content (AvgIpc) is 2.42. The van der Waals surface area contributed by atoms with Crippen LogP contribution in [0.4, 0.5) is 21.5 Å². The summed E-state index contributed by atoms with van der Waals surface area (Å²) >= 11 is 0. The van der Waals surface area contributed by atoms with Crippen molar-refractivity contribution in [3.8, 4) is 0 Å². The maximum absolute atomic E-state index is 12.9. The topological polar surface area (TPSA) is 28.2 Å². The Morgan fingerprint density at radius 1 is 1.17 bits per heavy atom. The molecule has 0 atom stereocenters. The number of hydrogen-bond donors (Lipinski definition) is 1. The molecule has 3 nitrogen and oxygen atoms in total. The summed E-state index contributed by atoms with van der Waals surface area (Å²) < 4.78 is 12.9. The quantitative estimate of drug-likeness (QED) is 0.894. The summed E-state index contributed by atoms with van der Waals surface area (Å²) in [6.07, 6.45) is 3.57. The van der Waals surface area contributed by atoms with E-state index in [4.69, 9.17) is 0 Å². The SMILES string of the molecule is CCN(c1ccc(F)cc1)c1cncc(NC)c1. The van der Waals surface area contributed by atoms with E-state index in [0.29, 0.717) is 0 Å². The lowest BCUT2D eigenvalue weighted by Gasteiger charge is -2.23. The third-order valence-corrected chi connectivity index (χ3v) is 2.78. The molecule has 4 heteroatoms. The maximum Gasteiger partial charge on any atom is 0.123 e. The lowest BCUT2D eigenvalue weighted by Crippen LogP contribution is -2.16. The standard InChI is InChI=1S/C14H16FN3/c1-3-18(13-6-4-11(15)5-7-13)14-8-12(16-2)9-17-10-14/h4-10,16H,3H2,1-2H3. The minimum absolute atomic E-state index is 0.225. The van der Waals surface area contributed by atoms with Crippen molar-refractivity contribution in [1.29, 1.82) is 0 Å². The molecule has 0 saturated heterocycles. The van der Waals surface area contributed by atoms with Crippen molar-refractivity contribution in [2.24, 2.45) is 0 Å². The van der Waals surface area contributed by atoms with Crippen LogP contribution in [0.15, 0.2) is 42.7 Å². The van der Waals surface area contributed by atoms with Gasteiger partial charge in [0.25, 0.3) is 0 Å². The highest BCUT2D eigenvalue weighted by molar-refractivity contribution is 5.65. The fourth-order valence-corrected chi connectivity index (χ4v) is 1.85. The highest BCUT2D eigenvalue weighted by Crippen LogP contribution is 2.26. The van der Waals surface area contributed by atoms with Crippen LogP contribution >= 0.6 is 0 Å². The molecular formula is C14H16FN3. The summed E-state index contributed by atoms with van der Waals surface area (Å²) in [4.78, 5) is 6.27. The molecular weight excluding hydrogens is 229 g/mol. The Bertz CT molecular complexity index is 511. The van der Waals surface area contributed by atoms with Gasteiger partial charge in [0.05, 0.1) is 23.8 Å². The summed E-state index contributed by atoms with van der Waals surface area (Å²) in [6.45, 7) is 2.84. The van der Waals surface area contributed by atoms with Gasteiger partial charge in [0.15, 0.2) is 0 Å². The van der Waals surface area contributed by atoms with Crippen molar-refractivity contribution in [2.75, 3.05) is 23.8 Å². The molecule has 0 spiro atoms. The van der Waals surface area contributed by atoms with Gasteiger partial charge in [0.2, 0.25) is 0 Å². The molecule has 18 heavy (non-hydrogen) atoms. The molecule has 0 bridgehead atoms. The second-order valence-corrected chi connectivity index (χ2v) is 3.90. The van der Waals surface area contributed by atoms with Gasteiger partial charge < -0.3 is 10.2 Å². The molecule has 2 rings (SSSR count). The highest BCUT2D eigenvalue weighted by atomic mass is 19.1. The van der Waals surface area contributed by atoms with Crippen molar-refractivity contribution < 1.29 is 4.39 Å². The van der Waals surface area contributed by atoms with Gasteiger partial charge in [0, 0.05) is 19.3 Å². The minimum atomic E-state index is -0.225. The number of aromatic nitrogens is 1. The van der Waals surface area contributed by atoms with Crippen LogP contribution in [-0.2, 0) is 0 Å². The fourth-order valence-electron chi connectivity index (χ4n) is 1.85. The van der Waals surface area contributed by atoms with Crippen LogP contribution in [0.25, 0.3) is 0 Å². The summed E-state index contributed by atoms with van der Waals surface area (Å²) in [7, 11) is 1.86. The van der Waals surface area contributed by atoms with E-state index >= 15 is 0 Å². The van der Waals surface area contributed by atoms with E-state index in [1.807, 2.05) is 13.1 Å². The largest absolute Gasteiger partial charge is 0.387 e. The first-order valence-corrected chi connectivity index (χ1v) is 5.90. The smallest absolute Gasteiger partial charge is 0.123 e. The van der Waals surface area contributed by atoms with E-state index in [2.05, 4.69) is 22.1 Å². The van der Waals surface area contributed by atoms with E-state index in [9.17, 15) is 4.39 Å². The monoisotopic (exact) mass is 245 g/mol. The molecule has 1 aromatic heterocycles. The number of nitrogens with one attached hydrogen (secondary N) is 1. The Labute approximate surface area is 106 Å². The lowest BCUT2D eigenvalue weighted by atomic mass is 10.2. The van der Waals surface area contributed by atoms with Gasteiger partial charge >= 0.3 is 0 Å². The predicted octanol–water partition coefficient (Wildman–Crippen LogP) is 3.42. The molecule has 94 valence electrons. The van der Waals surface area contributed by atoms with Crippen molar-refractivity contribution in [1.82, 2.24) is 4.98 Å². The van der Waals surface area contributed by atoms with Crippen LogP contribution in [0.2, 0.25) is 0 Å². The van der Waals surface area contributed by atoms with E-state index in [-0.39, 0.29) is 5.82 Å². The zero-order valence-electron chi connectivity index (χ0n) is 10.5. The van der Waals surface area contributed by atoms with Gasteiger partial charge in [-0.1, -0.05) is 0 Å². The van der Waals surface area contributed by atoms with Gasteiger partial charge in [-0.3, -0.25) is 4.98 Å². The Balaban J connectivity index is 2.35. The van der Waals surface area contributed by atoms with E-state index < -0.39 is 0 Å². The molecule has 1 N–H and O–H groups in total. The Morgan fingerprint density at radius 3 is 2.50 bits per heavy atom. The van der Waals surface area contributed by atoms with Crippen LogP contribution in [0.3, 0.4) is 0 Å². The number of pyridine rings is 1. The van der Waals surface area contributed by atoms with Gasteiger partial charge in [-0.15, -0.1) is 0 Å². The summed E-state index contributed by atoms with van der Waals surface area (Å²) in [5.41, 5.74) is 2.89. The van der Waals surface area contributed by atoms with E-state index in [1.165, 1.54) is 12.1 Å².